The Labute approximate surface area is 134 Å². The van der Waals surface area contributed by atoms with Crippen LogP contribution in [0.5, 0.6) is 0 Å². The van der Waals surface area contributed by atoms with Crippen LogP contribution in [0.1, 0.15) is 18.7 Å². The molecule has 2 aromatic rings. The van der Waals surface area contributed by atoms with E-state index in [1.807, 2.05) is 26.0 Å². The van der Waals surface area contributed by atoms with E-state index >= 15 is 0 Å². The standard InChI is InChI=1S/C13H17BrN4O2S/c1-7(2)6-18-11(15)10(12(19)17-13(18)20)16-5-8-3-4-9(14)21-8/h3-4,7,16H,5-6,15H2,1-2H3,(H,17,19,20). The maximum absolute atomic E-state index is 11.9. The molecule has 2 heterocycles. The van der Waals surface area contributed by atoms with E-state index in [1.54, 1.807) is 11.3 Å². The summed E-state index contributed by atoms with van der Waals surface area (Å²) in [4.78, 5) is 27.1. The van der Waals surface area contributed by atoms with Gasteiger partial charge in [0.2, 0.25) is 0 Å². The average molecular weight is 373 g/mol. The lowest BCUT2D eigenvalue weighted by molar-refractivity contribution is 0.508. The summed E-state index contributed by atoms with van der Waals surface area (Å²) in [6.45, 7) is 4.89. The van der Waals surface area contributed by atoms with E-state index in [0.29, 0.717) is 13.1 Å². The minimum Gasteiger partial charge on any atom is -0.383 e. The zero-order valence-electron chi connectivity index (χ0n) is 11.8. The van der Waals surface area contributed by atoms with E-state index in [2.05, 4.69) is 26.2 Å². The van der Waals surface area contributed by atoms with Crippen LogP contribution in [-0.4, -0.2) is 9.55 Å². The van der Waals surface area contributed by atoms with Gasteiger partial charge in [-0.2, -0.15) is 0 Å². The fourth-order valence-electron chi connectivity index (χ4n) is 1.93. The number of aromatic amines is 1. The summed E-state index contributed by atoms with van der Waals surface area (Å²) in [6.07, 6.45) is 0. The van der Waals surface area contributed by atoms with Gasteiger partial charge in [0.15, 0.2) is 0 Å². The molecule has 0 aliphatic carbocycles. The van der Waals surface area contributed by atoms with Gasteiger partial charge in [0.1, 0.15) is 11.5 Å². The fraction of sp³-hybridized carbons (Fsp3) is 0.385. The van der Waals surface area contributed by atoms with Crippen LogP contribution >= 0.6 is 27.3 Å². The van der Waals surface area contributed by atoms with Crippen LogP contribution in [0.2, 0.25) is 0 Å². The molecule has 0 saturated heterocycles. The number of nitrogens with one attached hydrogen (secondary N) is 2. The number of nitrogens with two attached hydrogens (primary N) is 1. The fourth-order valence-corrected chi connectivity index (χ4v) is 3.35. The van der Waals surface area contributed by atoms with Crippen molar-refractivity contribution < 1.29 is 0 Å². The van der Waals surface area contributed by atoms with Gasteiger partial charge >= 0.3 is 5.69 Å². The molecule has 0 fully saturated rings. The smallest absolute Gasteiger partial charge is 0.330 e. The summed E-state index contributed by atoms with van der Waals surface area (Å²) in [5.41, 5.74) is 5.24. The van der Waals surface area contributed by atoms with E-state index in [1.165, 1.54) is 4.57 Å². The molecule has 0 saturated carbocycles. The number of hydrogen-bond donors (Lipinski definition) is 3. The molecular weight excluding hydrogens is 356 g/mol. The molecule has 0 aromatic carbocycles. The molecule has 0 spiro atoms. The second kappa shape index (κ2) is 6.48. The van der Waals surface area contributed by atoms with Crippen molar-refractivity contribution in [1.82, 2.24) is 9.55 Å². The first kappa shape index (κ1) is 15.8. The lowest BCUT2D eigenvalue weighted by atomic mass is 10.2. The Morgan fingerprint density at radius 1 is 1.43 bits per heavy atom. The highest BCUT2D eigenvalue weighted by molar-refractivity contribution is 9.11. The Hall–Kier alpha value is -1.54. The molecule has 0 bridgehead atoms. The Morgan fingerprint density at radius 3 is 2.71 bits per heavy atom. The Balaban J connectivity index is 2.30. The van der Waals surface area contributed by atoms with Crippen molar-refractivity contribution in [3.63, 3.8) is 0 Å². The van der Waals surface area contributed by atoms with Crippen molar-refractivity contribution in [1.29, 1.82) is 0 Å². The molecule has 21 heavy (non-hydrogen) atoms. The SMILES string of the molecule is CC(C)Cn1c(N)c(NCc2ccc(Br)s2)c(=O)[nH]c1=O. The second-order valence-electron chi connectivity index (χ2n) is 5.08. The van der Waals surface area contributed by atoms with Crippen molar-refractivity contribution in [3.8, 4) is 0 Å². The molecule has 2 aromatic heterocycles. The number of thiophene rings is 1. The summed E-state index contributed by atoms with van der Waals surface area (Å²) >= 11 is 4.96. The molecule has 4 N–H and O–H groups in total. The molecule has 0 radical (unpaired) electrons. The first-order chi connectivity index (χ1) is 9.88. The molecule has 0 unspecified atom stereocenters. The highest BCUT2D eigenvalue weighted by Gasteiger charge is 2.13. The number of anilines is 2. The number of H-pyrrole nitrogens is 1. The van der Waals surface area contributed by atoms with Gasteiger partial charge in [-0.1, -0.05) is 13.8 Å². The maximum atomic E-state index is 11.9. The number of hydrogen-bond acceptors (Lipinski definition) is 5. The number of nitrogen functional groups attached to an aromatic ring is 1. The zero-order valence-corrected chi connectivity index (χ0v) is 14.2. The van der Waals surface area contributed by atoms with Crippen LogP contribution in [0.3, 0.4) is 0 Å². The van der Waals surface area contributed by atoms with E-state index in [9.17, 15) is 9.59 Å². The number of rotatable bonds is 5. The Kier molecular flexibility index (Phi) is 4.89. The van der Waals surface area contributed by atoms with Gasteiger partial charge in [-0.25, -0.2) is 4.79 Å². The van der Waals surface area contributed by atoms with Crippen LogP contribution in [0.15, 0.2) is 25.5 Å². The molecule has 2 rings (SSSR count). The van der Waals surface area contributed by atoms with Crippen molar-refractivity contribution >= 4 is 38.8 Å². The van der Waals surface area contributed by atoms with Gasteiger partial charge in [0.25, 0.3) is 5.56 Å². The van der Waals surface area contributed by atoms with E-state index in [4.69, 9.17) is 5.73 Å². The van der Waals surface area contributed by atoms with Crippen molar-refractivity contribution in [3.05, 3.63) is 41.6 Å². The normalized spacial score (nSPS) is 11.0. The molecule has 0 atom stereocenters. The summed E-state index contributed by atoms with van der Waals surface area (Å²) in [5.74, 6) is 0.421. The Bertz CT molecular complexity index is 747. The highest BCUT2D eigenvalue weighted by Crippen LogP contribution is 2.23. The largest absolute Gasteiger partial charge is 0.383 e. The van der Waals surface area contributed by atoms with E-state index in [-0.39, 0.29) is 17.4 Å². The maximum Gasteiger partial charge on any atom is 0.330 e. The molecule has 6 nitrogen and oxygen atoms in total. The number of aromatic nitrogens is 2. The van der Waals surface area contributed by atoms with Gasteiger partial charge in [-0.05, 0) is 34.0 Å². The number of nitrogens with zero attached hydrogens (tertiary/aromatic N) is 1. The third-order valence-electron chi connectivity index (χ3n) is 2.86. The van der Waals surface area contributed by atoms with Crippen LogP contribution in [0.4, 0.5) is 11.5 Å². The minimum atomic E-state index is -0.492. The molecule has 0 amide bonds. The molecule has 114 valence electrons. The van der Waals surface area contributed by atoms with Crippen LogP contribution in [0, 0.1) is 5.92 Å². The summed E-state index contributed by atoms with van der Waals surface area (Å²) in [6, 6.07) is 3.89. The monoisotopic (exact) mass is 372 g/mol. The third-order valence-corrected chi connectivity index (χ3v) is 4.48. The van der Waals surface area contributed by atoms with Gasteiger partial charge in [0, 0.05) is 18.0 Å². The quantitative estimate of drug-likeness (QED) is 0.749. The second-order valence-corrected chi connectivity index (χ2v) is 7.63. The lowest BCUT2D eigenvalue weighted by Crippen LogP contribution is -2.35. The average Bonchev–Trinajstić information content (AvgIpc) is 2.80. The first-order valence-corrected chi connectivity index (χ1v) is 8.10. The molecule has 8 heteroatoms. The predicted octanol–water partition coefficient (Wildman–Crippen LogP) is 2.21. The van der Waals surface area contributed by atoms with Gasteiger partial charge < -0.3 is 11.1 Å². The predicted molar refractivity (Wildman–Crippen MR) is 89.9 cm³/mol. The topological polar surface area (TPSA) is 92.9 Å². The van der Waals surface area contributed by atoms with Crippen LogP contribution < -0.4 is 22.3 Å². The zero-order chi connectivity index (χ0) is 15.6. The third kappa shape index (κ3) is 3.76. The Morgan fingerprint density at radius 2 is 2.14 bits per heavy atom. The number of halogens is 1. The van der Waals surface area contributed by atoms with E-state index in [0.717, 1.165) is 8.66 Å². The van der Waals surface area contributed by atoms with Gasteiger partial charge in [-0.15, -0.1) is 11.3 Å². The van der Waals surface area contributed by atoms with Gasteiger partial charge in [-0.3, -0.25) is 14.3 Å². The summed E-state index contributed by atoms with van der Waals surface area (Å²) in [5, 5.41) is 3.01. The molecule has 0 aliphatic rings. The lowest BCUT2D eigenvalue weighted by Gasteiger charge is -2.15. The van der Waals surface area contributed by atoms with Crippen molar-refractivity contribution in [2.75, 3.05) is 11.1 Å². The van der Waals surface area contributed by atoms with Gasteiger partial charge in [0.05, 0.1) is 3.79 Å². The first-order valence-electron chi connectivity index (χ1n) is 6.49. The molecule has 0 aliphatic heterocycles. The van der Waals surface area contributed by atoms with Crippen molar-refractivity contribution in [2.24, 2.45) is 5.92 Å². The van der Waals surface area contributed by atoms with E-state index < -0.39 is 11.2 Å². The van der Waals surface area contributed by atoms with Crippen LogP contribution in [0.25, 0.3) is 0 Å². The summed E-state index contributed by atoms with van der Waals surface area (Å²) < 4.78 is 2.41. The van der Waals surface area contributed by atoms with Crippen molar-refractivity contribution in [2.45, 2.75) is 26.9 Å². The summed E-state index contributed by atoms with van der Waals surface area (Å²) in [7, 11) is 0. The minimum absolute atomic E-state index is 0.174. The highest BCUT2D eigenvalue weighted by atomic mass is 79.9. The van der Waals surface area contributed by atoms with Crippen LogP contribution in [-0.2, 0) is 13.1 Å². The molecular formula is C13H17BrN4O2S.